The topological polar surface area (TPSA) is 76.4 Å². The molecule has 29 heavy (non-hydrogen) atoms. The quantitative estimate of drug-likeness (QED) is 0.501. The van der Waals surface area contributed by atoms with Crippen LogP contribution in [-0.2, 0) is 23.0 Å². The fourth-order valence-electron chi connectivity index (χ4n) is 2.88. The molecule has 0 aliphatic heterocycles. The van der Waals surface area contributed by atoms with Crippen LogP contribution in [0, 0.1) is 11.6 Å². The van der Waals surface area contributed by atoms with Gasteiger partial charge in [0.15, 0.2) is 0 Å². The molecule has 0 amide bonds. The molecule has 0 spiro atoms. The summed E-state index contributed by atoms with van der Waals surface area (Å²) in [6, 6.07) is 11.6. The number of benzene rings is 2. The summed E-state index contributed by atoms with van der Waals surface area (Å²) in [5, 5.41) is 5.34. The maximum atomic E-state index is 14.0. The van der Waals surface area contributed by atoms with Crippen LogP contribution in [-0.4, -0.2) is 23.0 Å². The first-order chi connectivity index (χ1) is 13.9. The molecule has 6 nitrogen and oxygen atoms in total. The molecule has 0 radical (unpaired) electrons. The van der Waals surface area contributed by atoms with E-state index >= 15 is 0 Å². The zero-order chi connectivity index (χ0) is 20.6. The number of hydrogen-bond donors (Lipinski definition) is 1. The Morgan fingerprint density at radius 3 is 2.62 bits per heavy atom. The molecule has 150 valence electrons. The van der Waals surface area contributed by atoms with Gasteiger partial charge in [0.2, 0.25) is 15.0 Å². The third-order valence-corrected chi connectivity index (χ3v) is 6.77. The minimum Gasteiger partial charge on any atom is -0.217 e. The summed E-state index contributed by atoms with van der Waals surface area (Å²) >= 11 is 1.42. The number of nitrogens with one attached hydrogen (secondary N) is 1. The van der Waals surface area contributed by atoms with Gasteiger partial charge in [-0.05, 0) is 24.6 Å². The molecule has 0 atom stereocenters. The Morgan fingerprint density at radius 1 is 1.14 bits per heavy atom. The summed E-state index contributed by atoms with van der Waals surface area (Å²) in [5.41, 5.74) is 1.89. The number of nitrogens with zero attached hydrogens (tertiary/aromatic N) is 3. The first-order valence-electron chi connectivity index (χ1n) is 8.76. The van der Waals surface area contributed by atoms with Gasteiger partial charge in [0, 0.05) is 5.56 Å². The average molecular weight is 434 g/mol. The van der Waals surface area contributed by atoms with Gasteiger partial charge in [-0.3, -0.25) is 0 Å². The van der Waals surface area contributed by atoms with E-state index < -0.39 is 26.6 Å². The molecule has 0 aliphatic rings. The molecule has 2 aromatic heterocycles. The van der Waals surface area contributed by atoms with Crippen molar-refractivity contribution in [1.29, 1.82) is 0 Å². The molecule has 0 bridgehead atoms. The molecule has 1 N–H and O–H groups in total. The molecule has 0 aliphatic carbocycles. The van der Waals surface area contributed by atoms with Crippen molar-refractivity contribution in [1.82, 2.24) is 19.3 Å². The van der Waals surface area contributed by atoms with E-state index in [9.17, 15) is 17.2 Å². The summed E-state index contributed by atoms with van der Waals surface area (Å²) in [6.07, 6.45) is 0.717. The molecule has 4 rings (SSSR count). The highest BCUT2D eigenvalue weighted by Crippen LogP contribution is 2.27. The summed E-state index contributed by atoms with van der Waals surface area (Å²) in [4.78, 5) is 4.49. The standard InChI is InChI=1S/C19H16F2N4O2S2/c1-2-17-24-25-15(18(23-19(25)28-17)12-6-4-3-5-7-12)11-22-29(26,27)16-10-13(20)8-9-14(16)21/h3-10,22H,2,11H2,1H3. The Hall–Kier alpha value is -2.69. The lowest BCUT2D eigenvalue weighted by Gasteiger charge is -2.09. The molecule has 0 unspecified atom stereocenters. The van der Waals surface area contributed by atoms with Gasteiger partial charge in [-0.2, -0.15) is 5.10 Å². The van der Waals surface area contributed by atoms with Crippen LogP contribution in [0.25, 0.3) is 16.2 Å². The van der Waals surface area contributed by atoms with Gasteiger partial charge >= 0.3 is 0 Å². The van der Waals surface area contributed by atoms with Crippen LogP contribution < -0.4 is 4.72 Å². The number of halogens is 2. The van der Waals surface area contributed by atoms with Gasteiger partial charge in [0.05, 0.1) is 17.9 Å². The fraction of sp³-hybridized carbons (Fsp3) is 0.158. The number of rotatable bonds is 6. The minimum atomic E-state index is -4.29. The minimum absolute atomic E-state index is 0.184. The molecule has 2 aromatic carbocycles. The number of fused-ring (bicyclic) bond motifs is 1. The van der Waals surface area contributed by atoms with Crippen LogP contribution in [0.15, 0.2) is 53.4 Å². The summed E-state index contributed by atoms with van der Waals surface area (Å²) in [5.74, 6) is -1.86. The van der Waals surface area contributed by atoms with Crippen LogP contribution in [0.3, 0.4) is 0 Å². The number of imidazole rings is 1. The molecular weight excluding hydrogens is 418 g/mol. The number of hydrogen-bond acceptors (Lipinski definition) is 5. The maximum absolute atomic E-state index is 14.0. The first kappa shape index (κ1) is 19.6. The summed E-state index contributed by atoms with van der Waals surface area (Å²) in [7, 11) is -4.29. The van der Waals surface area contributed by atoms with Crippen molar-refractivity contribution < 1.29 is 17.2 Å². The second kappa shape index (κ2) is 7.62. The van der Waals surface area contributed by atoms with Gasteiger partial charge in [-0.25, -0.2) is 31.4 Å². The maximum Gasteiger partial charge on any atom is 0.243 e. The molecular formula is C19H16F2N4O2S2. The predicted molar refractivity (Wildman–Crippen MR) is 106 cm³/mol. The Balaban J connectivity index is 1.75. The Kier molecular flexibility index (Phi) is 5.15. The van der Waals surface area contributed by atoms with Gasteiger partial charge < -0.3 is 0 Å². The summed E-state index contributed by atoms with van der Waals surface area (Å²) in [6.45, 7) is 1.78. The highest BCUT2D eigenvalue weighted by Gasteiger charge is 2.23. The van der Waals surface area contributed by atoms with E-state index in [1.165, 1.54) is 11.3 Å². The smallest absolute Gasteiger partial charge is 0.217 e. The number of aromatic nitrogens is 3. The Morgan fingerprint density at radius 2 is 1.90 bits per heavy atom. The van der Waals surface area contributed by atoms with Crippen molar-refractivity contribution in [2.75, 3.05) is 0 Å². The lowest BCUT2D eigenvalue weighted by Crippen LogP contribution is -2.25. The molecule has 0 saturated carbocycles. The van der Waals surface area contributed by atoms with E-state index in [2.05, 4.69) is 14.8 Å². The van der Waals surface area contributed by atoms with E-state index in [1.807, 2.05) is 37.3 Å². The lowest BCUT2D eigenvalue weighted by molar-refractivity contribution is 0.545. The highest BCUT2D eigenvalue weighted by molar-refractivity contribution is 7.89. The number of sulfonamides is 1. The van der Waals surface area contributed by atoms with Crippen LogP contribution in [0.4, 0.5) is 8.78 Å². The molecule has 10 heteroatoms. The van der Waals surface area contributed by atoms with Crippen molar-refractivity contribution in [3.8, 4) is 11.3 Å². The highest BCUT2D eigenvalue weighted by atomic mass is 32.2. The Labute approximate surface area is 169 Å². The Bertz CT molecular complexity index is 1280. The molecule has 2 heterocycles. The van der Waals surface area contributed by atoms with Crippen LogP contribution in [0.5, 0.6) is 0 Å². The molecule has 0 fully saturated rings. The van der Waals surface area contributed by atoms with Crippen LogP contribution >= 0.6 is 11.3 Å². The zero-order valence-electron chi connectivity index (χ0n) is 15.3. The van der Waals surface area contributed by atoms with Gasteiger partial charge in [-0.1, -0.05) is 48.6 Å². The molecule has 4 aromatic rings. The van der Waals surface area contributed by atoms with Gasteiger partial charge in [0.1, 0.15) is 21.5 Å². The monoisotopic (exact) mass is 434 g/mol. The third kappa shape index (κ3) is 3.78. The van der Waals surface area contributed by atoms with Crippen molar-refractivity contribution in [3.05, 3.63) is 70.9 Å². The predicted octanol–water partition coefficient (Wildman–Crippen LogP) is 3.78. The van der Waals surface area contributed by atoms with Crippen LogP contribution in [0.1, 0.15) is 17.6 Å². The van der Waals surface area contributed by atoms with Gasteiger partial charge in [-0.15, -0.1) is 0 Å². The van der Waals surface area contributed by atoms with Crippen molar-refractivity contribution >= 4 is 26.3 Å². The SMILES string of the molecule is CCc1nn2c(CNS(=O)(=O)c3cc(F)ccc3F)c(-c3ccccc3)nc2s1. The fourth-order valence-corrected chi connectivity index (χ4v) is 4.81. The normalized spacial score (nSPS) is 12.0. The number of aryl methyl sites for hydroxylation is 1. The van der Waals surface area contributed by atoms with Gasteiger partial charge in [0.25, 0.3) is 0 Å². The van der Waals surface area contributed by atoms with E-state index in [0.29, 0.717) is 28.8 Å². The van der Waals surface area contributed by atoms with E-state index in [4.69, 9.17) is 0 Å². The first-order valence-corrected chi connectivity index (χ1v) is 11.1. The second-order valence-corrected chi connectivity index (χ2v) is 8.99. The van der Waals surface area contributed by atoms with E-state index in [-0.39, 0.29) is 6.54 Å². The third-order valence-electron chi connectivity index (χ3n) is 4.30. The average Bonchev–Trinajstić information content (AvgIpc) is 3.26. The van der Waals surface area contributed by atoms with E-state index in [0.717, 1.165) is 22.7 Å². The van der Waals surface area contributed by atoms with Crippen molar-refractivity contribution in [3.63, 3.8) is 0 Å². The van der Waals surface area contributed by atoms with Crippen LogP contribution in [0.2, 0.25) is 0 Å². The van der Waals surface area contributed by atoms with Crippen molar-refractivity contribution in [2.24, 2.45) is 0 Å². The molecule has 0 saturated heterocycles. The summed E-state index contributed by atoms with van der Waals surface area (Å²) < 4.78 is 56.5. The van der Waals surface area contributed by atoms with Crippen molar-refractivity contribution in [2.45, 2.75) is 24.8 Å². The largest absolute Gasteiger partial charge is 0.243 e. The second-order valence-electron chi connectivity index (χ2n) is 6.22. The zero-order valence-corrected chi connectivity index (χ0v) is 16.9. The lowest BCUT2D eigenvalue weighted by atomic mass is 10.1. The van der Waals surface area contributed by atoms with E-state index in [1.54, 1.807) is 4.52 Å².